The number of rotatable bonds is 3. The predicted octanol–water partition coefficient (Wildman–Crippen LogP) is -0.688. The second kappa shape index (κ2) is 3.16. The molecule has 0 aliphatic carbocycles. The number of nitrogen functional groups attached to an aromatic ring is 1. The number of aliphatic hydroxyl groups excluding tert-OH is 1. The molecule has 0 unspecified atom stereocenters. The lowest BCUT2D eigenvalue weighted by molar-refractivity contribution is 0.307. The lowest BCUT2D eigenvalue weighted by Crippen LogP contribution is -2.18. The Hall–Kier alpha value is -1.36. The first-order chi connectivity index (χ1) is 5.25. The van der Waals surface area contributed by atoms with Crippen LogP contribution in [0.1, 0.15) is 0 Å². The van der Waals surface area contributed by atoms with E-state index >= 15 is 0 Å². The van der Waals surface area contributed by atoms with Gasteiger partial charge < -0.3 is 21.4 Å². The highest BCUT2D eigenvalue weighted by Crippen LogP contribution is 2.18. The smallest absolute Gasteiger partial charge is 0.165 e. The third kappa shape index (κ3) is 1.56. The van der Waals surface area contributed by atoms with Crippen LogP contribution < -0.4 is 11.2 Å². The van der Waals surface area contributed by atoms with Crippen LogP contribution in [0.25, 0.3) is 0 Å². The fraction of sp³-hybridized carbons (Fsp3) is 0.333. The maximum atomic E-state index is 8.99. The fourth-order valence-electron chi connectivity index (χ4n) is 0.743. The number of anilines is 1. The Morgan fingerprint density at radius 1 is 1.64 bits per heavy atom. The molecule has 0 saturated carbocycles. The number of nitrogens with two attached hydrogens (primary N) is 1. The number of nitrogens with zero attached hydrogens (tertiary/aromatic N) is 1. The first kappa shape index (κ1) is 7.74. The summed E-state index contributed by atoms with van der Waals surface area (Å²) in [4.78, 5) is 0. The third-order valence-corrected chi connectivity index (χ3v) is 1.30. The van der Waals surface area contributed by atoms with Crippen LogP contribution in [0.15, 0.2) is 12.3 Å². The number of nitrogens with one attached hydrogen (secondary N) is 1. The van der Waals surface area contributed by atoms with Crippen LogP contribution in [-0.2, 0) is 0 Å². The molecule has 0 amide bonds. The van der Waals surface area contributed by atoms with Gasteiger partial charge in [-0.2, -0.15) is 0 Å². The van der Waals surface area contributed by atoms with E-state index in [1.54, 1.807) is 6.20 Å². The van der Waals surface area contributed by atoms with Gasteiger partial charge in [-0.3, -0.25) is 0 Å². The number of hydrogen-bond donors (Lipinski definition) is 4. The van der Waals surface area contributed by atoms with Gasteiger partial charge in [-0.15, -0.1) is 0 Å². The normalized spacial score (nSPS) is 9.91. The monoisotopic (exact) mass is 157 g/mol. The van der Waals surface area contributed by atoms with Crippen molar-refractivity contribution in [1.82, 2.24) is 4.68 Å². The van der Waals surface area contributed by atoms with Gasteiger partial charge in [-0.1, -0.05) is 0 Å². The molecule has 1 aromatic rings. The highest BCUT2D eigenvalue weighted by Gasteiger charge is 2.00. The van der Waals surface area contributed by atoms with Gasteiger partial charge in [0.15, 0.2) is 11.6 Å². The molecule has 1 heterocycles. The van der Waals surface area contributed by atoms with Crippen LogP contribution in [0.2, 0.25) is 0 Å². The van der Waals surface area contributed by atoms with Crippen molar-refractivity contribution in [1.29, 1.82) is 0 Å². The quantitative estimate of drug-likeness (QED) is 0.468. The molecule has 11 heavy (non-hydrogen) atoms. The maximum absolute atomic E-state index is 8.99. The largest absolute Gasteiger partial charge is 0.504 e. The minimum Gasteiger partial charge on any atom is -0.504 e. The molecule has 5 heteroatoms. The second-order valence-corrected chi connectivity index (χ2v) is 2.09. The molecule has 0 spiro atoms. The minimum atomic E-state index is 0.0262. The third-order valence-electron chi connectivity index (χ3n) is 1.30. The van der Waals surface area contributed by atoms with Gasteiger partial charge in [0.2, 0.25) is 0 Å². The van der Waals surface area contributed by atoms with Crippen molar-refractivity contribution in [2.45, 2.75) is 0 Å². The molecule has 0 radical (unpaired) electrons. The summed E-state index contributed by atoms with van der Waals surface area (Å²) in [6.07, 6.45) is 1.58. The predicted molar refractivity (Wildman–Crippen MR) is 41.8 cm³/mol. The Morgan fingerprint density at radius 3 is 2.82 bits per heavy atom. The molecule has 62 valence electrons. The summed E-state index contributed by atoms with van der Waals surface area (Å²) in [5.41, 5.74) is 8.18. The molecule has 1 rings (SSSR count). The van der Waals surface area contributed by atoms with Crippen molar-refractivity contribution in [3.05, 3.63) is 12.3 Å². The molecule has 0 aliphatic rings. The van der Waals surface area contributed by atoms with Crippen LogP contribution in [0.5, 0.6) is 5.75 Å². The van der Waals surface area contributed by atoms with Crippen molar-refractivity contribution in [3.8, 4) is 5.75 Å². The molecule has 0 saturated heterocycles. The fourth-order valence-corrected chi connectivity index (χ4v) is 0.743. The van der Waals surface area contributed by atoms with Crippen LogP contribution in [0.4, 0.5) is 5.82 Å². The molecule has 1 aromatic heterocycles. The zero-order chi connectivity index (χ0) is 8.27. The standard InChI is InChI=1S/C6H11N3O2/c7-6-5(11)1-3-9(6)8-2-4-10/h1,3,8,10-11H,2,4,7H2. The molecule has 0 atom stereocenters. The van der Waals surface area contributed by atoms with Crippen LogP contribution >= 0.6 is 0 Å². The van der Waals surface area contributed by atoms with Gasteiger partial charge in [0.25, 0.3) is 0 Å². The van der Waals surface area contributed by atoms with E-state index < -0.39 is 0 Å². The summed E-state index contributed by atoms with van der Waals surface area (Å²) in [6.45, 7) is 0.427. The summed E-state index contributed by atoms with van der Waals surface area (Å²) in [5, 5.41) is 17.4. The van der Waals surface area contributed by atoms with Gasteiger partial charge >= 0.3 is 0 Å². The molecule has 0 aliphatic heterocycles. The molecule has 5 nitrogen and oxygen atoms in total. The number of aromatic nitrogens is 1. The number of aromatic hydroxyl groups is 1. The van der Waals surface area contributed by atoms with Gasteiger partial charge in [0.1, 0.15) is 0 Å². The Labute approximate surface area is 64.0 Å². The van der Waals surface area contributed by atoms with Crippen molar-refractivity contribution in [2.75, 3.05) is 24.3 Å². The van der Waals surface area contributed by atoms with Crippen molar-refractivity contribution in [2.24, 2.45) is 0 Å². The van der Waals surface area contributed by atoms with Crippen molar-refractivity contribution in [3.63, 3.8) is 0 Å². The molecule has 0 fully saturated rings. The Bertz CT molecular complexity index is 234. The summed E-state index contributed by atoms with van der Waals surface area (Å²) in [7, 11) is 0. The van der Waals surface area contributed by atoms with Crippen LogP contribution in [-0.4, -0.2) is 28.0 Å². The summed E-state index contributed by atoms with van der Waals surface area (Å²) in [6, 6.07) is 1.47. The highest BCUT2D eigenvalue weighted by atomic mass is 16.3. The van der Waals surface area contributed by atoms with E-state index in [9.17, 15) is 0 Å². The van der Waals surface area contributed by atoms with E-state index in [4.69, 9.17) is 15.9 Å². The highest BCUT2D eigenvalue weighted by molar-refractivity contribution is 5.47. The summed E-state index contributed by atoms with van der Waals surface area (Å²) < 4.78 is 1.45. The number of aliphatic hydroxyl groups is 1. The van der Waals surface area contributed by atoms with Gasteiger partial charge in [-0.25, -0.2) is 4.68 Å². The average molecular weight is 157 g/mol. The lowest BCUT2D eigenvalue weighted by Gasteiger charge is -2.06. The van der Waals surface area contributed by atoms with Crippen LogP contribution in [0.3, 0.4) is 0 Å². The zero-order valence-corrected chi connectivity index (χ0v) is 5.99. The molecular weight excluding hydrogens is 146 g/mol. The Kier molecular flexibility index (Phi) is 2.22. The molecular formula is C6H11N3O2. The van der Waals surface area contributed by atoms with E-state index in [0.29, 0.717) is 6.54 Å². The van der Waals surface area contributed by atoms with E-state index in [1.165, 1.54) is 10.7 Å². The van der Waals surface area contributed by atoms with Crippen molar-refractivity contribution >= 4 is 5.82 Å². The maximum Gasteiger partial charge on any atom is 0.165 e. The van der Waals surface area contributed by atoms with E-state index in [1.807, 2.05) is 0 Å². The average Bonchev–Trinajstić information content (AvgIpc) is 2.31. The first-order valence-corrected chi connectivity index (χ1v) is 3.26. The van der Waals surface area contributed by atoms with E-state index in [2.05, 4.69) is 5.43 Å². The van der Waals surface area contributed by atoms with Gasteiger partial charge in [-0.05, 0) is 0 Å². The van der Waals surface area contributed by atoms with E-state index in [0.717, 1.165) is 0 Å². The van der Waals surface area contributed by atoms with Crippen LogP contribution in [0, 0.1) is 0 Å². The topological polar surface area (TPSA) is 83.4 Å². The van der Waals surface area contributed by atoms with Gasteiger partial charge in [0.05, 0.1) is 13.2 Å². The first-order valence-electron chi connectivity index (χ1n) is 3.26. The Morgan fingerprint density at radius 2 is 2.36 bits per heavy atom. The Balaban J connectivity index is 2.63. The summed E-state index contributed by atoms with van der Waals surface area (Å²) >= 11 is 0. The number of hydrogen-bond acceptors (Lipinski definition) is 4. The molecule has 0 bridgehead atoms. The lowest BCUT2D eigenvalue weighted by atomic mass is 10.6. The molecule has 0 aromatic carbocycles. The van der Waals surface area contributed by atoms with Crippen molar-refractivity contribution < 1.29 is 10.2 Å². The minimum absolute atomic E-state index is 0.0262. The summed E-state index contributed by atoms with van der Waals surface area (Å²) in [5.74, 6) is 0.286. The second-order valence-electron chi connectivity index (χ2n) is 2.09. The van der Waals surface area contributed by atoms with Gasteiger partial charge in [0, 0.05) is 12.3 Å². The molecule has 5 N–H and O–H groups in total. The van der Waals surface area contributed by atoms with E-state index in [-0.39, 0.29) is 18.2 Å². The zero-order valence-electron chi connectivity index (χ0n) is 5.99. The SMILES string of the molecule is Nc1c(O)ccn1NCCO.